The van der Waals surface area contributed by atoms with E-state index in [1.165, 1.54) is 38.3 Å². The fraction of sp³-hybridized carbons (Fsp3) is 0.458. The van der Waals surface area contributed by atoms with Gasteiger partial charge >= 0.3 is 6.18 Å². The van der Waals surface area contributed by atoms with E-state index in [1.807, 2.05) is 11.9 Å². The van der Waals surface area contributed by atoms with Gasteiger partial charge in [-0.2, -0.15) is 13.2 Å². The first-order valence-corrected chi connectivity index (χ1v) is 13.4. The number of sulfone groups is 1. The zero-order valence-corrected chi connectivity index (χ0v) is 21.9. The number of benzene rings is 2. The molecule has 198 valence electrons. The molecule has 36 heavy (non-hydrogen) atoms. The number of carbonyl (C=O) groups is 1. The summed E-state index contributed by atoms with van der Waals surface area (Å²) in [5, 5.41) is 2.78. The van der Waals surface area contributed by atoms with E-state index in [-0.39, 0.29) is 51.2 Å². The Labute approximate surface area is 214 Å². The van der Waals surface area contributed by atoms with Crippen LogP contribution in [0.4, 0.5) is 13.2 Å². The molecule has 0 saturated carbocycles. The minimum atomic E-state index is -4.71. The van der Waals surface area contributed by atoms with Crippen molar-refractivity contribution in [1.29, 1.82) is 0 Å². The second-order valence-corrected chi connectivity index (χ2v) is 11.3. The van der Waals surface area contributed by atoms with Gasteiger partial charge < -0.3 is 15.0 Å². The number of nitrogens with zero attached hydrogens (tertiary/aromatic N) is 2. The summed E-state index contributed by atoms with van der Waals surface area (Å²) in [7, 11) is -0.387. The Morgan fingerprint density at radius 1 is 1.14 bits per heavy atom. The Kier molecular flexibility index (Phi) is 8.92. The smallest absolute Gasteiger partial charge is 0.416 e. The van der Waals surface area contributed by atoms with Crippen LogP contribution in [0.5, 0.6) is 5.75 Å². The van der Waals surface area contributed by atoms with Crippen LogP contribution >= 0.6 is 11.6 Å². The van der Waals surface area contributed by atoms with Crippen molar-refractivity contribution in [2.24, 2.45) is 0 Å². The lowest BCUT2D eigenvalue weighted by Gasteiger charge is -2.33. The molecule has 1 aliphatic heterocycles. The molecule has 0 radical (unpaired) electrons. The van der Waals surface area contributed by atoms with Crippen LogP contribution in [-0.4, -0.2) is 70.2 Å². The number of carbonyl (C=O) groups excluding carboxylic acids is 1. The summed E-state index contributed by atoms with van der Waals surface area (Å²) in [5.41, 5.74) is -0.976. The van der Waals surface area contributed by atoms with Gasteiger partial charge in [0.15, 0.2) is 9.84 Å². The maximum Gasteiger partial charge on any atom is 0.416 e. The van der Waals surface area contributed by atoms with E-state index in [0.717, 1.165) is 19.2 Å². The Morgan fingerprint density at radius 3 is 2.39 bits per heavy atom. The molecule has 0 atom stereocenters. The minimum Gasteiger partial charge on any atom is -0.496 e. The van der Waals surface area contributed by atoms with Crippen molar-refractivity contribution in [3.05, 3.63) is 57.6 Å². The molecule has 1 amide bonds. The van der Waals surface area contributed by atoms with Crippen LogP contribution in [0.1, 0.15) is 34.0 Å². The van der Waals surface area contributed by atoms with E-state index in [2.05, 4.69) is 10.2 Å². The molecular weight excluding hydrogens is 519 g/mol. The van der Waals surface area contributed by atoms with Crippen molar-refractivity contribution in [2.45, 2.75) is 31.1 Å². The van der Waals surface area contributed by atoms with Gasteiger partial charge in [-0.25, -0.2) is 8.42 Å². The number of ether oxygens (including phenoxy) is 1. The fourth-order valence-electron chi connectivity index (χ4n) is 4.03. The molecule has 12 heteroatoms. The number of amides is 1. The third-order valence-electron chi connectivity index (χ3n) is 6.15. The summed E-state index contributed by atoms with van der Waals surface area (Å²) in [5.74, 6) is -0.994. The molecule has 2 aromatic carbocycles. The van der Waals surface area contributed by atoms with E-state index < -0.39 is 27.5 Å². The highest BCUT2D eigenvalue weighted by Gasteiger charge is 2.36. The standard InChI is InChI=1S/C24H29ClF3N3O4S/c1-4-36(33,34)22-6-5-18(25)11-17(22)14-29-23(32)16-12-20(24(26,27)28)19(21(13-16)35-3)15-31-9-7-30(2)8-10-31/h5-6,11-13H,4,7-10,14-15H2,1-3H3,(H,29,32). The molecule has 0 aromatic heterocycles. The number of hydrogen-bond donors (Lipinski definition) is 1. The van der Waals surface area contributed by atoms with E-state index >= 15 is 0 Å². The molecule has 1 saturated heterocycles. The monoisotopic (exact) mass is 547 g/mol. The zero-order chi connectivity index (χ0) is 26.7. The van der Waals surface area contributed by atoms with Gasteiger partial charge in [-0.3, -0.25) is 9.69 Å². The normalized spacial score (nSPS) is 15.6. The number of piperazine rings is 1. The largest absolute Gasteiger partial charge is 0.496 e. The van der Waals surface area contributed by atoms with E-state index in [0.29, 0.717) is 13.1 Å². The molecule has 0 bridgehead atoms. The van der Waals surface area contributed by atoms with E-state index in [9.17, 15) is 26.4 Å². The first-order chi connectivity index (χ1) is 16.9. The predicted molar refractivity (Wildman–Crippen MR) is 131 cm³/mol. The molecule has 0 unspecified atom stereocenters. The Bertz CT molecular complexity index is 1210. The molecule has 1 aliphatic rings. The lowest BCUT2D eigenvalue weighted by Crippen LogP contribution is -2.44. The number of alkyl halides is 3. The van der Waals surface area contributed by atoms with E-state index in [4.69, 9.17) is 16.3 Å². The number of halogens is 4. The summed E-state index contributed by atoms with van der Waals surface area (Å²) in [4.78, 5) is 16.9. The molecule has 1 heterocycles. The zero-order valence-electron chi connectivity index (χ0n) is 20.3. The van der Waals surface area contributed by atoms with Crippen molar-refractivity contribution in [2.75, 3.05) is 46.1 Å². The molecule has 2 aromatic rings. The van der Waals surface area contributed by atoms with Crippen LogP contribution in [0.15, 0.2) is 35.2 Å². The van der Waals surface area contributed by atoms with Crippen LogP contribution in [0.25, 0.3) is 0 Å². The van der Waals surface area contributed by atoms with Crippen LogP contribution in [0.3, 0.4) is 0 Å². The van der Waals surface area contributed by atoms with Gasteiger partial charge in [0.2, 0.25) is 0 Å². The molecule has 0 aliphatic carbocycles. The fourth-order valence-corrected chi connectivity index (χ4v) is 5.34. The van der Waals surface area contributed by atoms with Gasteiger partial charge in [-0.05, 0) is 42.9 Å². The molecular formula is C24H29ClF3N3O4S. The molecule has 1 fully saturated rings. The maximum atomic E-state index is 14.0. The van der Waals surface area contributed by atoms with Gasteiger partial charge in [0.05, 0.1) is 23.3 Å². The van der Waals surface area contributed by atoms with Crippen LogP contribution < -0.4 is 10.1 Å². The van der Waals surface area contributed by atoms with Gasteiger partial charge in [0.1, 0.15) is 5.75 Å². The molecule has 0 spiro atoms. The number of hydrogen-bond acceptors (Lipinski definition) is 6. The van der Waals surface area contributed by atoms with E-state index in [1.54, 1.807) is 0 Å². The highest BCUT2D eigenvalue weighted by Crippen LogP contribution is 2.38. The van der Waals surface area contributed by atoms with Crippen LogP contribution in [0, 0.1) is 0 Å². The van der Waals surface area contributed by atoms with Crippen LogP contribution in [-0.2, 0) is 29.1 Å². The second-order valence-electron chi connectivity index (χ2n) is 8.62. The van der Waals surface area contributed by atoms with Crippen molar-refractivity contribution in [3.8, 4) is 5.75 Å². The Morgan fingerprint density at radius 2 is 1.81 bits per heavy atom. The molecule has 3 rings (SSSR count). The minimum absolute atomic E-state index is 0.00536. The summed E-state index contributed by atoms with van der Waals surface area (Å²) in [6.07, 6.45) is -4.71. The third-order valence-corrected chi connectivity index (χ3v) is 8.21. The molecule has 7 nitrogen and oxygen atoms in total. The summed E-state index contributed by atoms with van der Waals surface area (Å²) in [6.45, 7) is 3.99. The summed E-state index contributed by atoms with van der Waals surface area (Å²) < 4.78 is 72.2. The average molecular weight is 548 g/mol. The predicted octanol–water partition coefficient (Wildman–Crippen LogP) is 3.84. The first kappa shape index (κ1) is 28.2. The van der Waals surface area contributed by atoms with Gasteiger partial charge in [0.25, 0.3) is 5.91 Å². The highest BCUT2D eigenvalue weighted by atomic mass is 35.5. The third kappa shape index (κ3) is 6.70. The van der Waals surface area contributed by atoms with Crippen molar-refractivity contribution in [3.63, 3.8) is 0 Å². The highest BCUT2D eigenvalue weighted by molar-refractivity contribution is 7.91. The summed E-state index contributed by atoms with van der Waals surface area (Å²) >= 11 is 6.00. The summed E-state index contributed by atoms with van der Waals surface area (Å²) in [6, 6.07) is 6.27. The van der Waals surface area contributed by atoms with Crippen molar-refractivity contribution in [1.82, 2.24) is 15.1 Å². The lowest BCUT2D eigenvalue weighted by atomic mass is 10.00. The lowest BCUT2D eigenvalue weighted by molar-refractivity contribution is -0.138. The maximum absolute atomic E-state index is 14.0. The van der Waals surface area contributed by atoms with Gasteiger partial charge in [0, 0.05) is 55.4 Å². The number of rotatable bonds is 8. The first-order valence-electron chi connectivity index (χ1n) is 11.3. The SMILES string of the molecule is CCS(=O)(=O)c1ccc(Cl)cc1CNC(=O)c1cc(OC)c(CN2CCN(C)CC2)c(C(F)(F)F)c1. The number of likely N-dealkylation sites (N-methyl/N-ethyl adjacent to an activating group) is 1. The Hall–Kier alpha value is -2.34. The molecule has 1 N–H and O–H groups in total. The average Bonchev–Trinajstić information content (AvgIpc) is 2.83. The van der Waals surface area contributed by atoms with Gasteiger partial charge in [-0.15, -0.1) is 0 Å². The number of methoxy groups -OCH3 is 1. The van der Waals surface area contributed by atoms with Crippen molar-refractivity contribution < 1.29 is 31.1 Å². The van der Waals surface area contributed by atoms with Crippen molar-refractivity contribution >= 4 is 27.3 Å². The number of nitrogens with one attached hydrogen (secondary N) is 1. The van der Waals surface area contributed by atoms with Crippen LogP contribution in [0.2, 0.25) is 5.02 Å². The topological polar surface area (TPSA) is 78.9 Å². The quantitative estimate of drug-likeness (QED) is 0.541. The Balaban J connectivity index is 1.90. The second kappa shape index (κ2) is 11.4. The van der Waals surface area contributed by atoms with Gasteiger partial charge in [-0.1, -0.05) is 18.5 Å².